The van der Waals surface area contributed by atoms with Gasteiger partial charge in [-0.25, -0.2) is 9.59 Å². The Hall–Kier alpha value is -3.23. The summed E-state index contributed by atoms with van der Waals surface area (Å²) >= 11 is 5.89. The molecule has 1 aromatic heterocycles. The number of carboxylic acid groups (broad SMARTS) is 1. The summed E-state index contributed by atoms with van der Waals surface area (Å²) in [5.41, 5.74) is 1.85. The molecule has 0 atom stereocenters. The van der Waals surface area contributed by atoms with Crippen molar-refractivity contribution >= 4 is 40.3 Å². The number of aryl methyl sites for hydroxylation is 1. The lowest BCUT2D eigenvalue weighted by Crippen LogP contribution is -2.35. The number of carbonyl (C=O) groups is 2. The zero-order valence-corrected chi connectivity index (χ0v) is 18.5. The molecule has 0 fully saturated rings. The summed E-state index contributed by atoms with van der Waals surface area (Å²) in [4.78, 5) is 23.2. The van der Waals surface area contributed by atoms with Gasteiger partial charge in [-0.3, -0.25) is 0 Å². The molecule has 0 spiro atoms. The first kappa shape index (κ1) is 23.4. The van der Waals surface area contributed by atoms with Crippen LogP contribution in [0.5, 0.6) is 5.75 Å². The van der Waals surface area contributed by atoms with Crippen molar-refractivity contribution in [1.29, 1.82) is 0 Å². The highest BCUT2D eigenvalue weighted by Gasteiger charge is 2.18. The Kier molecular flexibility index (Phi) is 8.35. The standard InChI is InChI=1S/C23H26ClN3O5/c1-2-18-19-14-17(7-8-20(19)32-21(18)22(28)29)31-12-4-9-25-10-11-26-23(30)27-16-6-3-5-15(24)13-16/h3,5-8,13-14,25H,2,4,9-12H2,1H3,(H,28,29)(H2,26,27,30). The number of aromatic carboxylic acids is 1. The average Bonchev–Trinajstić information content (AvgIpc) is 3.14. The summed E-state index contributed by atoms with van der Waals surface area (Å²) in [5, 5.41) is 19.3. The van der Waals surface area contributed by atoms with Crippen molar-refractivity contribution in [2.24, 2.45) is 0 Å². The van der Waals surface area contributed by atoms with E-state index >= 15 is 0 Å². The minimum Gasteiger partial charge on any atom is -0.494 e. The van der Waals surface area contributed by atoms with E-state index in [0.29, 0.717) is 53.7 Å². The highest BCUT2D eigenvalue weighted by Crippen LogP contribution is 2.30. The lowest BCUT2D eigenvalue weighted by molar-refractivity contribution is 0.0663. The van der Waals surface area contributed by atoms with Gasteiger partial charge in [-0.15, -0.1) is 0 Å². The van der Waals surface area contributed by atoms with Gasteiger partial charge in [-0.05, 0) is 55.8 Å². The van der Waals surface area contributed by atoms with E-state index in [1.54, 1.807) is 36.4 Å². The molecule has 2 aromatic carbocycles. The summed E-state index contributed by atoms with van der Waals surface area (Å²) < 4.78 is 11.2. The summed E-state index contributed by atoms with van der Waals surface area (Å²) in [7, 11) is 0. The molecule has 0 aliphatic rings. The third-order valence-electron chi connectivity index (χ3n) is 4.75. The Balaban J connectivity index is 1.33. The topological polar surface area (TPSA) is 113 Å². The van der Waals surface area contributed by atoms with Gasteiger partial charge in [0.25, 0.3) is 0 Å². The van der Waals surface area contributed by atoms with Crippen LogP contribution >= 0.6 is 11.6 Å². The van der Waals surface area contributed by atoms with Crippen molar-refractivity contribution < 1.29 is 23.8 Å². The fourth-order valence-electron chi connectivity index (χ4n) is 3.26. The first-order valence-corrected chi connectivity index (χ1v) is 10.8. The molecule has 3 rings (SSSR count). The predicted molar refractivity (Wildman–Crippen MR) is 124 cm³/mol. The molecule has 3 aromatic rings. The largest absolute Gasteiger partial charge is 0.494 e. The van der Waals surface area contributed by atoms with E-state index in [1.165, 1.54) is 0 Å². The number of fused-ring (bicyclic) bond motifs is 1. The van der Waals surface area contributed by atoms with Gasteiger partial charge in [0.1, 0.15) is 11.3 Å². The number of anilines is 1. The number of nitrogens with one attached hydrogen (secondary N) is 3. The minimum atomic E-state index is -1.07. The summed E-state index contributed by atoms with van der Waals surface area (Å²) in [6.45, 7) is 4.24. The molecule has 0 unspecified atom stereocenters. The SMILES string of the molecule is CCc1c(C(=O)O)oc2ccc(OCCCNCCNC(=O)Nc3cccc(Cl)c3)cc12. The van der Waals surface area contributed by atoms with Crippen LogP contribution in [0.4, 0.5) is 10.5 Å². The van der Waals surface area contributed by atoms with Crippen molar-refractivity contribution in [3.05, 3.63) is 58.8 Å². The second-order valence-electron chi connectivity index (χ2n) is 7.07. The third-order valence-corrected chi connectivity index (χ3v) is 4.98. The van der Waals surface area contributed by atoms with Crippen molar-refractivity contribution in [3.63, 3.8) is 0 Å². The predicted octanol–water partition coefficient (Wildman–Crippen LogP) is 4.53. The highest BCUT2D eigenvalue weighted by molar-refractivity contribution is 6.30. The van der Waals surface area contributed by atoms with Gasteiger partial charge in [-0.2, -0.15) is 0 Å². The van der Waals surface area contributed by atoms with Crippen LogP contribution in [0.2, 0.25) is 5.02 Å². The van der Waals surface area contributed by atoms with E-state index in [1.807, 2.05) is 13.0 Å². The number of carbonyl (C=O) groups excluding carboxylic acids is 1. The van der Waals surface area contributed by atoms with Crippen molar-refractivity contribution in [2.45, 2.75) is 19.8 Å². The second kappa shape index (κ2) is 11.4. The molecule has 0 aliphatic carbocycles. The number of halogens is 1. The van der Waals surface area contributed by atoms with Crippen LogP contribution in [0.25, 0.3) is 11.0 Å². The fourth-order valence-corrected chi connectivity index (χ4v) is 3.45. The number of rotatable bonds is 11. The lowest BCUT2D eigenvalue weighted by Gasteiger charge is -2.09. The molecule has 0 radical (unpaired) electrons. The molecular formula is C23H26ClN3O5. The van der Waals surface area contributed by atoms with Gasteiger partial charge in [0.15, 0.2) is 0 Å². The summed E-state index contributed by atoms with van der Waals surface area (Å²) in [6.07, 6.45) is 1.34. The van der Waals surface area contributed by atoms with Crippen LogP contribution in [0.3, 0.4) is 0 Å². The van der Waals surface area contributed by atoms with Gasteiger partial charge >= 0.3 is 12.0 Å². The maximum Gasteiger partial charge on any atom is 0.372 e. The Morgan fingerprint density at radius 1 is 1.12 bits per heavy atom. The molecule has 0 saturated carbocycles. The van der Waals surface area contributed by atoms with Crippen LogP contribution in [0.1, 0.15) is 29.5 Å². The summed E-state index contributed by atoms with van der Waals surface area (Å²) in [6, 6.07) is 12.0. The Labute approximate surface area is 190 Å². The third kappa shape index (κ3) is 6.38. The van der Waals surface area contributed by atoms with Crippen LogP contribution < -0.4 is 20.7 Å². The number of hydrogen-bond donors (Lipinski definition) is 4. The zero-order chi connectivity index (χ0) is 22.9. The molecule has 9 heteroatoms. The van der Waals surface area contributed by atoms with Crippen molar-refractivity contribution in [3.8, 4) is 5.75 Å². The first-order valence-electron chi connectivity index (χ1n) is 10.4. The maximum atomic E-state index is 11.8. The number of benzene rings is 2. The van der Waals surface area contributed by atoms with Gasteiger partial charge in [0.05, 0.1) is 6.61 Å². The number of hydrogen-bond acceptors (Lipinski definition) is 5. The number of carboxylic acids is 1. The Morgan fingerprint density at radius 2 is 1.97 bits per heavy atom. The number of ether oxygens (including phenoxy) is 1. The molecule has 0 bridgehead atoms. The first-order chi connectivity index (χ1) is 15.5. The smallest absolute Gasteiger partial charge is 0.372 e. The molecule has 32 heavy (non-hydrogen) atoms. The van der Waals surface area contributed by atoms with Gasteiger partial charge in [0.2, 0.25) is 5.76 Å². The fraction of sp³-hybridized carbons (Fsp3) is 0.304. The van der Waals surface area contributed by atoms with E-state index in [-0.39, 0.29) is 11.8 Å². The highest BCUT2D eigenvalue weighted by atomic mass is 35.5. The van der Waals surface area contributed by atoms with E-state index < -0.39 is 5.97 Å². The lowest BCUT2D eigenvalue weighted by atomic mass is 10.1. The Bertz CT molecular complexity index is 1080. The Morgan fingerprint density at radius 3 is 2.72 bits per heavy atom. The summed E-state index contributed by atoms with van der Waals surface area (Å²) in [5.74, 6) is -0.411. The number of urea groups is 1. The van der Waals surface area contributed by atoms with Crippen molar-refractivity contribution in [1.82, 2.24) is 10.6 Å². The maximum absolute atomic E-state index is 11.8. The zero-order valence-electron chi connectivity index (χ0n) is 17.7. The molecule has 2 amide bonds. The van der Waals surface area contributed by atoms with Crippen LogP contribution in [-0.4, -0.2) is 43.3 Å². The average molecular weight is 460 g/mol. The normalized spacial score (nSPS) is 10.8. The van der Waals surface area contributed by atoms with E-state index in [4.69, 9.17) is 20.8 Å². The minimum absolute atomic E-state index is 0.0151. The molecule has 8 nitrogen and oxygen atoms in total. The van der Waals surface area contributed by atoms with Crippen LogP contribution in [0.15, 0.2) is 46.9 Å². The molecule has 0 saturated heterocycles. The van der Waals surface area contributed by atoms with Gasteiger partial charge in [-0.1, -0.05) is 24.6 Å². The van der Waals surface area contributed by atoms with Crippen molar-refractivity contribution in [2.75, 3.05) is 31.6 Å². The molecule has 0 aliphatic heterocycles. The second-order valence-corrected chi connectivity index (χ2v) is 7.51. The van der Waals surface area contributed by atoms with Gasteiger partial charge < -0.3 is 30.2 Å². The molecule has 1 heterocycles. The number of amides is 2. The van der Waals surface area contributed by atoms with E-state index in [0.717, 1.165) is 18.4 Å². The van der Waals surface area contributed by atoms with Crippen LogP contribution in [-0.2, 0) is 6.42 Å². The number of furan rings is 1. The molecule has 170 valence electrons. The molecular weight excluding hydrogens is 434 g/mol. The van der Waals surface area contributed by atoms with E-state index in [9.17, 15) is 14.7 Å². The monoisotopic (exact) mass is 459 g/mol. The van der Waals surface area contributed by atoms with E-state index in [2.05, 4.69) is 16.0 Å². The van der Waals surface area contributed by atoms with Crippen LogP contribution in [0, 0.1) is 0 Å². The van der Waals surface area contributed by atoms with Gasteiger partial charge in [0, 0.05) is 34.7 Å². The molecule has 4 N–H and O–H groups in total. The quantitative estimate of drug-likeness (QED) is 0.313.